The zero-order valence-corrected chi connectivity index (χ0v) is 20.0. The number of ether oxygens (including phenoxy) is 2. The summed E-state index contributed by atoms with van der Waals surface area (Å²) in [7, 11) is 0. The summed E-state index contributed by atoms with van der Waals surface area (Å²) in [5.41, 5.74) is -0.653. The van der Waals surface area contributed by atoms with E-state index in [0.29, 0.717) is 30.3 Å². The fourth-order valence-corrected chi connectivity index (χ4v) is 4.57. The van der Waals surface area contributed by atoms with Crippen molar-refractivity contribution in [2.75, 3.05) is 18.1 Å². The molecule has 0 bridgehead atoms. The van der Waals surface area contributed by atoms with E-state index in [1.165, 1.54) is 12.1 Å². The first-order chi connectivity index (χ1) is 17.7. The maximum absolute atomic E-state index is 13.7. The minimum Gasteiger partial charge on any atom is -0.490 e. The minimum atomic E-state index is -4.62. The van der Waals surface area contributed by atoms with Crippen molar-refractivity contribution < 1.29 is 31.9 Å². The normalized spacial score (nSPS) is 15.2. The van der Waals surface area contributed by atoms with Crippen LogP contribution in [0.1, 0.15) is 47.1 Å². The number of carbonyl (C=O) groups excluding carboxylic acids is 1. The lowest BCUT2D eigenvalue weighted by atomic mass is 9.97. The molecule has 1 aliphatic heterocycles. The number of nitrogens with zero attached hydrogens (tertiary/aromatic N) is 1. The third-order valence-electron chi connectivity index (χ3n) is 6.11. The maximum atomic E-state index is 13.7. The van der Waals surface area contributed by atoms with Gasteiger partial charge in [0, 0.05) is 5.69 Å². The average molecular weight is 509 g/mol. The number of amides is 1. The molecule has 0 radical (unpaired) electrons. The molecule has 2 heterocycles. The van der Waals surface area contributed by atoms with Crippen molar-refractivity contribution in [2.45, 2.75) is 26.1 Å². The molecule has 37 heavy (non-hydrogen) atoms. The van der Waals surface area contributed by atoms with Crippen LogP contribution in [0.2, 0.25) is 0 Å². The molecule has 9 heteroatoms. The number of halogens is 3. The van der Waals surface area contributed by atoms with E-state index < -0.39 is 29.1 Å². The molecule has 1 aromatic heterocycles. The molecule has 5 rings (SSSR count). The number of hydrogen-bond donors (Lipinski definition) is 0. The standard InChI is InChI=1S/C28H22F3NO5/c1-3-35-21-13-12-16(14-22(21)36-4-2)24-23-25(33)19-10-5-6-11-20(19)37-26(23)27(34)32(24)18-9-7-8-17(15-18)28(29,30)31/h5-15,24H,3-4H2,1-2H3. The van der Waals surface area contributed by atoms with E-state index in [4.69, 9.17) is 13.9 Å². The summed E-state index contributed by atoms with van der Waals surface area (Å²) in [4.78, 5) is 28.5. The van der Waals surface area contributed by atoms with Crippen molar-refractivity contribution in [3.8, 4) is 11.5 Å². The molecule has 1 atom stereocenters. The summed E-state index contributed by atoms with van der Waals surface area (Å²) in [6.45, 7) is 4.33. The predicted molar refractivity (Wildman–Crippen MR) is 131 cm³/mol. The third kappa shape index (κ3) is 4.20. The molecule has 3 aromatic carbocycles. The molecule has 6 nitrogen and oxygen atoms in total. The van der Waals surface area contributed by atoms with Gasteiger partial charge in [0.1, 0.15) is 5.58 Å². The molecule has 4 aromatic rings. The van der Waals surface area contributed by atoms with Crippen LogP contribution in [0.25, 0.3) is 11.0 Å². The van der Waals surface area contributed by atoms with Gasteiger partial charge in [-0.15, -0.1) is 0 Å². The number of anilines is 1. The van der Waals surface area contributed by atoms with Crippen LogP contribution in [-0.2, 0) is 6.18 Å². The first-order valence-electron chi connectivity index (χ1n) is 11.7. The first-order valence-corrected chi connectivity index (χ1v) is 11.7. The Morgan fingerprint density at radius 1 is 0.892 bits per heavy atom. The zero-order valence-electron chi connectivity index (χ0n) is 20.0. The second kappa shape index (κ2) is 9.31. The number of para-hydroxylation sites is 1. The Labute approximate surface area is 209 Å². The highest BCUT2D eigenvalue weighted by atomic mass is 19.4. The smallest absolute Gasteiger partial charge is 0.416 e. The van der Waals surface area contributed by atoms with Crippen molar-refractivity contribution in [3.05, 3.63) is 99.4 Å². The van der Waals surface area contributed by atoms with Gasteiger partial charge in [-0.05, 0) is 61.9 Å². The molecule has 0 fully saturated rings. The molecular formula is C28H22F3NO5. The molecule has 1 amide bonds. The zero-order chi connectivity index (χ0) is 26.3. The number of hydrogen-bond acceptors (Lipinski definition) is 5. The van der Waals surface area contributed by atoms with Crippen molar-refractivity contribution in [1.29, 1.82) is 0 Å². The van der Waals surface area contributed by atoms with Gasteiger partial charge in [0.2, 0.25) is 5.76 Å². The quantitative estimate of drug-likeness (QED) is 0.303. The highest BCUT2D eigenvalue weighted by Gasteiger charge is 2.44. The highest BCUT2D eigenvalue weighted by Crippen LogP contribution is 2.44. The van der Waals surface area contributed by atoms with E-state index in [2.05, 4.69) is 0 Å². The van der Waals surface area contributed by atoms with Crippen molar-refractivity contribution in [1.82, 2.24) is 0 Å². The molecule has 0 spiro atoms. The van der Waals surface area contributed by atoms with Gasteiger partial charge in [0.25, 0.3) is 5.91 Å². The summed E-state index contributed by atoms with van der Waals surface area (Å²) in [6, 6.07) is 14.8. The molecule has 190 valence electrons. The Balaban J connectivity index is 1.77. The molecular weight excluding hydrogens is 487 g/mol. The van der Waals surface area contributed by atoms with Gasteiger partial charge < -0.3 is 13.9 Å². The second-order valence-corrected chi connectivity index (χ2v) is 8.37. The predicted octanol–water partition coefficient (Wildman–Crippen LogP) is 6.36. The fraction of sp³-hybridized carbons (Fsp3) is 0.214. The van der Waals surface area contributed by atoms with E-state index >= 15 is 0 Å². The minimum absolute atomic E-state index is 0.0217. The van der Waals surface area contributed by atoms with E-state index in [1.54, 1.807) is 49.4 Å². The number of rotatable bonds is 6. The topological polar surface area (TPSA) is 69.0 Å². The average Bonchev–Trinajstić information content (AvgIpc) is 3.17. The maximum Gasteiger partial charge on any atom is 0.416 e. The van der Waals surface area contributed by atoms with Crippen LogP contribution in [0.4, 0.5) is 18.9 Å². The van der Waals surface area contributed by atoms with E-state index in [9.17, 15) is 22.8 Å². The van der Waals surface area contributed by atoms with Gasteiger partial charge in [-0.1, -0.05) is 24.3 Å². The molecule has 0 saturated heterocycles. The lowest BCUT2D eigenvalue weighted by Gasteiger charge is -2.26. The number of alkyl halides is 3. The monoisotopic (exact) mass is 509 g/mol. The lowest BCUT2D eigenvalue weighted by molar-refractivity contribution is -0.137. The molecule has 0 aliphatic carbocycles. The third-order valence-corrected chi connectivity index (χ3v) is 6.11. The second-order valence-electron chi connectivity index (χ2n) is 8.37. The Kier molecular flexibility index (Phi) is 6.15. The summed E-state index contributed by atoms with van der Waals surface area (Å²) in [6.07, 6.45) is -4.62. The fourth-order valence-electron chi connectivity index (χ4n) is 4.57. The highest BCUT2D eigenvalue weighted by molar-refractivity contribution is 6.10. The Morgan fingerprint density at radius 2 is 1.62 bits per heavy atom. The summed E-state index contributed by atoms with van der Waals surface area (Å²) in [5, 5.41) is 0.265. The van der Waals surface area contributed by atoms with Crippen LogP contribution in [0, 0.1) is 0 Å². The van der Waals surface area contributed by atoms with Crippen LogP contribution in [-0.4, -0.2) is 19.1 Å². The van der Waals surface area contributed by atoms with Crippen LogP contribution in [0.3, 0.4) is 0 Å². The summed E-state index contributed by atoms with van der Waals surface area (Å²) in [5.74, 6) is -0.0716. The molecule has 0 N–H and O–H groups in total. The number of benzene rings is 3. The Bertz CT molecular complexity index is 1560. The largest absolute Gasteiger partial charge is 0.490 e. The van der Waals surface area contributed by atoms with Crippen molar-refractivity contribution in [3.63, 3.8) is 0 Å². The molecule has 0 saturated carbocycles. The van der Waals surface area contributed by atoms with Crippen molar-refractivity contribution >= 4 is 22.6 Å². The van der Waals surface area contributed by atoms with Gasteiger partial charge in [-0.25, -0.2) is 0 Å². The van der Waals surface area contributed by atoms with Gasteiger partial charge >= 0.3 is 6.18 Å². The number of carbonyl (C=O) groups is 1. The van der Waals surface area contributed by atoms with E-state index in [-0.39, 0.29) is 28.0 Å². The first kappa shape index (κ1) is 24.4. The molecule has 1 aliphatic rings. The van der Waals surface area contributed by atoms with Crippen LogP contribution in [0.15, 0.2) is 75.9 Å². The van der Waals surface area contributed by atoms with E-state index in [0.717, 1.165) is 17.0 Å². The summed E-state index contributed by atoms with van der Waals surface area (Å²) < 4.78 is 57.9. The Morgan fingerprint density at radius 3 is 2.35 bits per heavy atom. The summed E-state index contributed by atoms with van der Waals surface area (Å²) >= 11 is 0. The van der Waals surface area contributed by atoms with E-state index in [1.807, 2.05) is 6.92 Å². The van der Waals surface area contributed by atoms with Crippen LogP contribution < -0.4 is 19.8 Å². The molecule has 1 unspecified atom stereocenters. The van der Waals surface area contributed by atoms with Crippen LogP contribution >= 0.6 is 0 Å². The van der Waals surface area contributed by atoms with Gasteiger partial charge in [0.05, 0.1) is 35.8 Å². The van der Waals surface area contributed by atoms with Gasteiger partial charge in [-0.3, -0.25) is 14.5 Å². The van der Waals surface area contributed by atoms with Gasteiger partial charge in [0.15, 0.2) is 16.9 Å². The lowest BCUT2D eigenvalue weighted by Crippen LogP contribution is -2.29. The number of fused-ring (bicyclic) bond motifs is 2. The SMILES string of the molecule is CCOc1ccc(C2c3c(oc4ccccc4c3=O)C(=O)N2c2cccc(C(F)(F)F)c2)cc1OCC. The Hall–Kier alpha value is -4.27. The van der Waals surface area contributed by atoms with Gasteiger partial charge in [-0.2, -0.15) is 13.2 Å². The van der Waals surface area contributed by atoms with Crippen molar-refractivity contribution in [2.24, 2.45) is 0 Å². The van der Waals surface area contributed by atoms with Crippen LogP contribution in [0.5, 0.6) is 11.5 Å².